The second-order valence-electron chi connectivity index (χ2n) is 7.87. The molecule has 0 radical (unpaired) electrons. The number of hydrogen-bond acceptors (Lipinski definition) is 4. The molecule has 28 heavy (non-hydrogen) atoms. The van der Waals surface area contributed by atoms with Gasteiger partial charge in [-0.3, -0.25) is 4.79 Å². The molecule has 1 aliphatic carbocycles. The number of hydrogen-bond donors (Lipinski definition) is 2. The van der Waals surface area contributed by atoms with Crippen LogP contribution in [-0.2, 0) is 14.8 Å². The molecule has 2 aliphatic rings. The van der Waals surface area contributed by atoms with E-state index < -0.39 is 10.0 Å². The summed E-state index contributed by atoms with van der Waals surface area (Å²) in [5, 5.41) is 12.4. The van der Waals surface area contributed by atoms with Crippen LogP contribution in [0.25, 0.3) is 0 Å². The number of amides is 1. The summed E-state index contributed by atoms with van der Waals surface area (Å²) in [7, 11) is -3.69. The molecule has 0 aromatic heterocycles. The molecule has 1 aromatic carbocycles. The molecule has 2 atom stereocenters. The van der Waals surface area contributed by atoms with Crippen molar-refractivity contribution < 1.29 is 18.1 Å². The largest absolute Gasteiger partial charge is 0.348 e. The smallest absolute Gasteiger partial charge is 0.275 e. The van der Waals surface area contributed by atoms with Gasteiger partial charge in [-0.2, -0.15) is 9.57 Å². The molecule has 1 aromatic rings. The zero-order valence-corrected chi connectivity index (χ0v) is 17.2. The van der Waals surface area contributed by atoms with Crippen molar-refractivity contribution in [3.63, 3.8) is 0 Å². The molecule has 0 bridgehead atoms. The fraction of sp³-hybridized carbons (Fsp3) is 0.600. The van der Waals surface area contributed by atoms with Crippen LogP contribution in [0.4, 0.5) is 0 Å². The molecule has 2 N–H and O–H groups in total. The summed E-state index contributed by atoms with van der Waals surface area (Å²) >= 11 is 0. The van der Waals surface area contributed by atoms with E-state index in [1.807, 2.05) is 6.07 Å². The van der Waals surface area contributed by atoms with Gasteiger partial charge in [0.2, 0.25) is 10.0 Å². The number of sulfonamides is 1. The number of quaternary nitrogens is 1. The van der Waals surface area contributed by atoms with Gasteiger partial charge in [0.1, 0.15) is 6.07 Å². The number of nitrogens with one attached hydrogen (secondary N) is 2. The predicted molar refractivity (Wildman–Crippen MR) is 105 cm³/mol. The lowest BCUT2D eigenvalue weighted by molar-refractivity contribution is -0.895. The molecule has 1 saturated carbocycles. The van der Waals surface area contributed by atoms with Crippen LogP contribution in [-0.4, -0.2) is 57.4 Å². The molecule has 0 spiro atoms. The second kappa shape index (κ2) is 9.03. The van der Waals surface area contributed by atoms with Crippen molar-refractivity contribution in [3.05, 3.63) is 29.8 Å². The van der Waals surface area contributed by atoms with E-state index in [2.05, 4.69) is 12.2 Å². The van der Waals surface area contributed by atoms with Gasteiger partial charge in [0.05, 0.1) is 36.6 Å². The summed E-state index contributed by atoms with van der Waals surface area (Å²) in [6, 6.07) is 8.51. The van der Waals surface area contributed by atoms with Crippen LogP contribution in [0.3, 0.4) is 0 Å². The highest BCUT2D eigenvalue weighted by atomic mass is 32.2. The Labute approximate surface area is 167 Å². The third-order valence-electron chi connectivity index (χ3n) is 5.92. The van der Waals surface area contributed by atoms with Gasteiger partial charge in [-0.05, 0) is 30.9 Å². The van der Waals surface area contributed by atoms with Gasteiger partial charge in [-0.25, -0.2) is 8.42 Å². The minimum Gasteiger partial charge on any atom is -0.348 e. The van der Waals surface area contributed by atoms with Gasteiger partial charge < -0.3 is 10.2 Å². The molecule has 7 nitrogen and oxygen atoms in total. The summed E-state index contributed by atoms with van der Waals surface area (Å²) in [5.74, 6) is 0.578. The first kappa shape index (κ1) is 20.8. The third-order valence-corrected chi connectivity index (χ3v) is 7.88. The molecule has 0 unspecified atom stereocenters. The summed E-state index contributed by atoms with van der Waals surface area (Å²) in [6.45, 7) is 4.45. The fourth-order valence-electron chi connectivity index (χ4n) is 4.16. The molecular formula is C20H29N4O3S+. The van der Waals surface area contributed by atoms with Gasteiger partial charge in [-0.15, -0.1) is 0 Å². The van der Waals surface area contributed by atoms with Crippen LogP contribution < -0.4 is 10.2 Å². The summed E-state index contributed by atoms with van der Waals surface area (Å²) in [5.41, 5.74) is 0.165. The van der Waals surface area contributed by atoms with E-state index in [1.54, 1.807) is 12.1 Å². The standard InChI is InChI=1S/C20H28N4O3S/c1-16-6-2-4-8-18(16)22-20(25)15-23-10-12-24(13-11-23)28(26,27)19-9-5-3-7-17(19)14-21/h3,5,7,9,16,18H,2,4,6,8,10-13,15H2,1H3,(H,22,25)/p+1/t16-,18+/m0/s1. The highest BCUT2D eigenvalue weighted by Gasteiger charge is 2.33. The average molecular weight is 406 g/mol. The van der Waals surface area contributed by atoms with Crippen molar-refractivity contribution in [1.82, 2.24) is 9.62 Å². The normalized spacial score (nSPS) is 24.4. The van der Waals surface area contributed by atoms with Crippen molar-refractivity contribution in [2.24, 2.45) is 5.92 Å². The fourth-order valence-corrected chi connectivity index (χ4v) is 5.74. The van der Waals surface area contributed by atoms with Crippen LogP contribution in [0, 0.1) is 17.2 Å². The van der Waals surface area contributed by atoms with Crippen LogP contribution in [0.5, 0.6) is 0 Å². The van der Waals surface area contributed by atoms with Crippen molar-refractivity contribution in [2.45, 2.75) is 43.5 Å². The van der Waals surface area contributed by atoms with Gasteiger partial charge >= 0.3 is 0 Å². The van der Waals surface area contributed by atoms with Gasteiger partial charge in [0.25, 0.3) is 5.91 Å². The maximum absolute atomic E-state index is 12.9. The first-order valence-corrected chi connectivity index (χ1v) is 11.5. The Morgan fingerprint density at radius 3 is 2.61 bits per heavy atom. The second-order valence-corrected chi connectivity index (χ2v) is 9.78. The lowest BCUT2D eigenvalue weighted by Crippen LogP contribution is -3.15. The van der Waals surface area contributed by atoms with Crippen LogP contribution in [0.1, 0.15) is 38.2 Å². The Bertz CT molecular complexity index is 841. The number of piperazine rings is 1. The summed E-state index contributed by atoms with van der Waals surface area (Å²) in [6.07, 6.45) is 4.62. The molecule has 1 aliphatic heterocycles. The summed E-state index contributed by atoms with van der Waals surface area (Å²) < 4.78 is 27.2. The number of carbonyl (C=O) groups excluding carboxylic acids is 1. The number of rotatable bonds is 5. The van der Waals surface area contributed by atoms with Gasteiger partial charge in [0.15, 0.2) is 6.54 Å². The molecular weight excluding hydrogens is 376 g/mol. The first-order chi connectivity index (χ1) is 13.4. The quantitative estimate of drug-likeness (QED) is 0.729. The van der Waals surface area contributed by atoms with E-state index in [4.69, 9.17) is 0 Å². The average Bonchev–Trinajstić information content (AvgIpc) is 2.70. The molecule has 1 amide bonds. The third kappa shape index (κ3) is 4.72. The van der Waals surface area contributed by atoms with Crippen molar-refractivity contribution in [2.75, 3.05) is 32.7 Å². The lowest BCUT2D eigenvalue weighted by atomic mass is 9.86. The predicted octanol–water partition coefficient (Wildman–Crippen LogP) is 0.142. The number of benzene rings is 1. The minimum atomic E-state index is -3.69. The molecule has 2 fully saturated rings. The van der Waals surface area contributed by atoms with Crippen LogP contribution in [0.15, 0.2) is 29.2 Å². The van der Waals surface area contributed by atoms with E-state index in [1.165, 1.54) is 35.7 Å². The van der Waals surface area contributed by atoms with Crippen molar-refractivity contribution in [3.8, 4) is 6.07 Å². The van der Waals surface area contributed by atoms with E-state index in [0.717, 1.165) is 11.3 Å². The van der Waals surface area contributed by atoms with Crippen LogP contribution in [0.2, 0.25) is 0 Å². The van der Waals surface area contributed by atoms with Crippen molar-refractivity contribution >= 4 is 15.9 Å². The first-order valence-electron chi connectivity index (χ1n) is 10.0. The van der Waals surface area contributed by atoms with Gasteiger partial charge in [-0.1, -0.05) is 31.9 Å². The Morgan fingerprint density at radius 2 is 1.93 bits per heavy atom. The molecule has 1 heterocycles. The van der Waals surface area contributed by atoms with Gasteiger partial charge in [0, 0.05) is 6.04 Å². The zero-order valence-electron chi connectivity index (χ0n) is 16.4. The highest BCUT2D eigenvalue weighted by molar-refractivity contribution is 7.89. The maximum Gasteiger partial charge on any atom is 0.275 e. The number of nitriles is 1. The van der Waals surface area contributed by atoms with E-state index in [0.29, 0.717) is 38.6 Å². The van der Waals surface area contributed by atoms with E-state index in [-0.39, 0.29) is 22.4 Å². The Hall–Kier alpha value is -1.95. The van der Waals surface area contributed by atoms with Crippen molar-refractivity contribution in [1.29, 1.82) is 5.26 Å². The molecule has 8 heteroatoms. The minimum absolute atomic E-state index is 0.0554. The lowest BCUT2D eigenvalue weighted by Gasteiger charge is -2.33. The van der Waals surface area contributed by atoms with E-state index >= 15 is 0 Å². The number of carbonyl (C=O) groups is 1. The number of nitrogens with zero attached hydrogens (tertiary/aromatic N) is 2. The molecule has 152 valence electrons. The topological polar surface area (TPSA) is 94.7 Å². The summed E-state index contributed by atoms with van der Waals surface area (Å²) in [4.78, 5) is 13.6. The Morgan fingerprint density at radius 1 is 1.25 bits per heavy atom. The zero-order chi connectivity index (χ0) is 20.1. The molecule has 1 saturated heterocycles. The highest BCUT2D eigenvalue weighted by Crippen LogP contribution is 2.23. The van der Waals surface area contributed by atoms with Crippen LogP contribution >= 0.6 is 0 Å². The Balaban J connectivity index is 1.54. The monoisotopic (exact) mass is 405 g/mol. The SMILES string of the molecule is C[C@H]1CCCC[C@H]1NC(=O)C[NH+]1CCN(S(=O)(=O)c2ccccc2C#N)CC1. The molecule has 3 rings (SSSR count). The maximum atomic E-state index is 12.9. The van der Waals surface area contributed by atoms with E-state index in [9.17, 15) is 18.5 Å². The Kier molecular flexibility index (Phi) is 6.70.